The van der Waals surface area contributed by atoms with Gasteiger partial charge in [-0.05, 0) is 42.8 Å². The molecule has 3 nitrogen and oxygen atoms in total. The van der Waals surface area contributed by atoms with Gasteiger partial charge in [0.1, 0.15) is 16.5 Å². The lowest BCUT2D eigenvalue weighted by Crippen LogP contribution is -2.15. The minimum Gasteiger partial charge on any atom is -0.277 e. The smallest absolute Gasteiger partial charge is 0.264 e. The molecule has 0 aliphatic rings. The third-order valence-corrected chi connectivity index (χ3v) is 4.19. The molecule has 1 N–H and O–H groups in total. The highest BCUT2D eigenvalue weighted by Gasteiger charge is 2.20. The maximum atomic E-state index is 13.6. The second kappa shape index (κ2) is 5.38. The molecular formula is C13H10ClF2NO2S. The summed E-state index contributed by atoms with van der Waals surface area (Å²) in [4.78, 5) is -0.595. The summed E-state index contributed by atoms with van der Waals surface area (Å²) in [5, 5.41) is 0.0722. The maximum absolute atomic E-state index is 13.6. The summed E-state index contributed by atoms with van der Waals surface area (Å²) in [5.41, 5.74) is 0.396. The van der Waals surface area contributed by atoms with Crippen molar-refractivity contribution in [2.75, 3.05) is 4.72 Å². The summed E-state index contributed by atoms with van der Waals surface area (Å²) in [6, 6.07) is 7.13. The van der Waals surface area contributed by atoms with Gasteiger partial charge in [-0.3, -0.25) is 4.72 Å². The van der Waals surface area contributed by atoms with Crippen LogP contribution in [0.1, 0.15) is 5.56 Å². The van der Waals surface area contributed by atoms with E-state index in [4.69, 9.17) is 11.6 Å². The molecule has 0 bridgehead atoms. The lowest BCUT2D eigenvalue weighted by atomic mass is 10.2. The molecule has 2 rings (SSSR count). The van der Waals surface area contributed by atoms with Crippen molar-refractivity contribution < 1.29 is 17.2 Å². The lowest BCUT2D eigenvalue weighted by Gasteiger charge is -2.10. The van der Waals surface area contributed by atoms with Crippen molar-refractivity contribution in [3.63, 3.8) is 0 Å². The Hall–Kier alpha value is -1.66. The molecule has 0 saturated carbocycles. The molecule has 20 heavy (non-hydrogen) atoms. The van der Waals surface area contributed by atoms with E-state index in [1.165, 1.54) is 18.2 Å². The highest BCUT2D eigenvalue weighted by atomic mass is 35.5. The van der Waals surface area contributed by atoms with Crippen molar-refractivity contribution in [2.24, 2.45) is 0 Å². The van der Waals surface area contributed by atoms with Crippen LogP contribution < -0.4 is 4.72 Å². The molecule has 0 saturated heterocycles. The topological polar surface area (TPSA) is 46.2 Å². The van der Waals surface area contributed by atoms with Crippen LogP contribution in [-0.4, -0.2) is 8.42 Å². The van der Waals surface area contributed by atoms with Crippen LogP contribution in [0.2, 0.25) is 5.02 Å². The third kappa shape index (κ3) is 3.08. The summed E-state index contributed by atoms with van der Waals surface area (Å²) in [5.74, 6) is -1.74. The number of benzene rings is 2. The molecule has 0 unspecified atom stereocenters. The zero-order valence-corrected chi connectivity index (χ0v) is 11.9. The monoisotopic (exact) mass is 317 g/mol. The number of sulfonamides is 1. The van der Waals surface area contributed by atoms with Gasteiger partial charge in [0, 0.05) is 5.02 Å². The average molecular weight is 318 g/mol. The molecule has 106 valence electrons. The Balaban J connectivity index is 2.41. The Kier molecular flexibility index (Phi) is 3.96. The van der Waals surface area contributed by atoms with Crippen molar-refractivity contribution >= 4 is 27.3 Å². The Bertz CT molecular complexity index is 763. The summed E-state index contributed by atoms with van der Waals surface area (Å²) in [6.45, 7) is 1.67. The van der Waals surface area contributed by atoms with E-state index in [-0.39, 0.29) is 10.7 Å². The molecule has 2 aromatic rings. The van der Waals surface area contributed by atoms with Crippen LogP contribution in [0.5, 0.6) is 0 Å². The van der Waals surface area contributed by atoms with Gasteiger partial charge in [-0.2, -0.15) is 0 Å². The number of hydrogen-bond donors (Lipinski definition) is 1. The first kappa shape index (κ1) is 14.7. The summed E-state index contributed by atoms with van der Waals surface area (Å²) >= 11 is 5.55. The van der Waals surface area contributed by atoms with E-state index in [0.29, 0.717) is 5.56 Å². The first-order valence-corrected chi connectivity index (χ1v) is 7.40. The fourth-order valence-electron chi connectivity index (χ4n) is 1.60. The summed E-state index contributed by atoms with van der Waals surface area (Å²) in [7, 11) is -4.22. The standard InChI is InChI=1S/C13H10ClF2NO2S/c1-8-2-4-12(10(15)6-8)17-20(18,19)13-5-3-9(14)7-11(13)16/h2-7,17H,1H3. The van der Waals surface area contributed by atoms with Crippen LogP contribution in [0.3, 0.4) is 0 Å². The van der Waals surface area contributed by atoms with Gasteiger partial charge in [0.25, 0.3) is 10.0 Å². The van der Waals surface area contributed by atoms with Crippen molar-refractivity contribution in [1.82, 2.24) is 0 Å². The fourth-order valence-corrected chi connectivity index (χ4v) is 2.88. The first-order chi connectivity index (χ1) is 9.29. The van der Waals surface area contributed by atoms with Gasteiger partial charge in [-0.25, -0.2) is 17.2 Å². The lowest BCUT2D eigenvalue weighted by molar-refractivity contribution is 0.569. The van der Waals surface area contributed by atoms with Crippen LogP contribution in [0.4, 0.5) is 14.5 Å². The van der Waals surface area contributed by atoms with E-state index in [0.717, 1.165) is 12.1 Å². The molecule has 0 radical (unpaired) electrons. The van der Waals surface area contributed by atoms with E-state index in [2.05, 4.69) is 0 Å². The van der Waals surface area contributed by atoms with Crippen molar-refractivity contribution in [2.45, 2.75) is 11.8 Å². The van der Waals surface area contributed by atoms with Crippen LogP contribution >= 0.6 is 11.6 Å². The molecule has 7 heteroatoms. The highest BCUT2D eigenvalue weighted by Crippen LogP contribution is 2.23. The fraction of sp³-hybridized carbons (Fsp3) is 0.0769. The van der Waals surface area contributed by atoms with Gasteiger partial charge >= 0.3 is 0 Å². The second-order valence-electron chi connectivity index (χ2n) is 4.16. The Labute approximate surface area is 120 Å². The van der Waals surface area contributed by atoms with Crippen molar-refractivity contribution in [3.05, 3.63) is 58.6 Å². The van der Waals surface area contributed by atoms with E-state index in [1.807, 2.05) is 4.72 Å². The van der Waals surface area contributed by atoms with Crippen LogP contribution in [0, 0.1) is 18.6 Å². The average Bonchev–Trinajstić information content (AvgIpc) is 2.32. The summed E-state index contributed by atoms with van der Waals surface area (Å²) < 4.78 is 53.3. The van der Waals surface area contributed by atoms with Gasteiger partial charge in [-0.1, -0.05) is 17.7 Å². The van der Waals surface area contributed by atoms with Gasteiger partial charge in [-0.15, -0.1) is 0 Å². The Morgan fingerprint density at radius 3 is 2.35 bits per heavy atom. The molecule has 0 aliphatic heterocycles. The number of hydrogen-bond acceptors (Lipinski definition) is 2. The zero-order chi connectivity index (χ0) is 14.9. The third-order valence-electron chi connectivity index (χ3n) is 2.55. The van der Waals surface area contributed by atoms with E-state index in [1.54, 1.807) is 13.0 Å². The van der Waals surface area contributed by atoms with Crippen molar-refractivity contribution in [3.8, 4) is 0 Å². The normalized spacial score (nSPS) is 11.4. The van der Waals surface area contributed by atoms with Gasteiger partial charge < -0.3 is 0 Å². The molecule has 0 atom stereocenters. The van der Waals surface area contributed by atoms with Gasteiger partial charge in [0.2, 0.25) is 0 Å². The first-order valence-electron chi connectivity index (χ1n) is 5.53. The van der Waals surface area contributed by atoms with E-state index >= 15 is 0 Å². The number of anilines is 1. The molecule has 0 amide bonds. The minimum atomic E-state index is -4.22. The predicted molar refractivity (Wildman–Crippen MR) is 73.4 cm³/mol. The Morgan fingerprint density at radius 1 is 1.05 bits per heavy atom. The molecule has 2 aromatic carbocycles. The van der Waals surface area contributed by atoms with Crippen molar-refractivity contribution in [1.29, 1.82) is 0 Å². The number of rotatable bonds is 3. The number of nitrogens with one attached hydrogen (secondary N) is 1. The van der Waals surface area contributed by atoms with Gasteiger partial charge in [0.05, 0.1) is 5.69 Å². The number of halogens is 3. The van der Waals surface area contributed by atoms with Gasteiger partial charge in [0.15, 0.2) is 0 Å². The molecule has 0 spiro atoms. The minimum absolute atomic E-state index is 0.0722. The highest BCUT2D eigenvalue weighted by molar-refractivity contribution is 7.92. The van der Waals surface area contributed by atoms with E-state index < -0.39 is 26.6 Å². The SMILES string of the molecule is Cc1ccc(NS(=O)(=O)c2ccc(Cl)cc2F)c(F)c1. The summed E-state index contributed by atoms with van der Waals surface area (Å²) in [6.07, 6.45) is 0. The molecule has 0 aliphatic carbocycles. The van der Waals surface area contributed by atoms with Crippen LogP contribution in [0.15, 0.2) is 41.3 Å². The van der Waals surface area contributed by atoms with Crippen LogP contribution in [-0.2, 0) is 10.0 Å². The molecular weight excluding hydrogens is 308 g/mol. The second-order valence-corrected chi connectivity index (χ2v) is 6.25. The molecule has 0 heterocycles. The van der Waals surface area contributed by atoms with Crippen LogP contribution in [0.25, 0.3) is 0 Å². The molecule has 0 fully saturated rings. The predicted octanol–water partition coefficient (Wildman–Crippen LogP) is 3.73. The zero-order valence-electron chi connectivity index (χ0n) is 10.3. The quantitative estimate of drug-likeness (QED) is 0.937. The Morgan fingerprint density at radius 2 is 1.75 bits per heavy atom. The maximum Gasteiger partial charge on any atom is 0.264 e. The largest absolute Gasteiger partial charge is 0.277 e. The number of aryl methyl sites for hydroxylation is 1. The van der Waals surface area contributed by atoms with E-state index in [9.17, 15) is 17.2 Å². The molecule has 0 aromatic heterocycles.